The number of hydrogen-bond acceptors (Lipinski definition) is 8. The molecule has 1 aliphatic rings. The molecule has 2 N–H and O–H groups in total. The summed E-state index contributed by atoms with van der Waals surface area (Å²) in [6.07, 6.45) is -3.42. The molecule has 0 aliphatic carbocycles. The average Bonchev–Trinajstić information content (AvgIpc) is 3.01. The Hall–Kier alpha value is -4.34. The number of benzene rings is 2. The zero-order valence-electron chi connectivity index (χ0n) is 27.9. The largest absolute Gasteiger partial charge is 0.450 e. The van der Waals surface area contributed by atoms with Crippen LogP contribution in [0.2, 0.25) is 0 Å². The second kappa shape index (κ2) is 15.5. The number of halogens is 2. The number of nitrogens with zero attached hydrogens (tertiary/aromatic N) is 1. The Balaban J connectivity index is 1.77. The molecule has 2 amide bonds. The van der Waals surface area contributed by atoms with Gasteiger partial charge in [-0.05, 0) is 90.4 Å². The highest BCUT2D eigenvalue weighted by Gasteiger charge is 2.52. The minimum atomic E-state index is -3.42. The highest BCUT2D eigenvalue weighted by molar-refractivity contribution is 5.98. The molecule has 10 nitrogen and oxygen atoms in total. The summed E-state index contributed by atoms with van der Waals surface area (Å²) in [6.45, 7) is 13.8. The monoisotopic (exact) mass is 655 g/mol. The van der Waals surface area contributed by atoms with Crippen molar-refractivity contribution in [2.24, 2.45) is 10.8 Å². The van der Waals surface area contributed by atoms with Crippen molar-refractivity contribution in [3.63, 3.8) is 0 Å². The molecule has 2 aromatic rings. The molecule has 1 heterocycles. The van der Waals surface area contributed by atoms with Crippen LogP contribution in [0.25, 0.3) is 0 Å². The molecule has 2 aromatic carbocycles. The van der Waals surface area contributed by atoms with Gasteiger partial charge in [-0.3, -0.25) is 19.3 Å². The Morgan fingerprint density at radius 1 is 0.830 bits per heavy atom. The van der Waals surface area contributed by atoms with Crippen LogP contribution < -0.4 is 10.8 Å². The highest BCUT2D eigenvalue weighted by Crippen LogP contribution is 2.30. The van der Waals surface area contributed by atoms with Crippen LogP contribution in [-0.2, 0) is 35.2 Å². The van der Waals surface area contributed by atoms with Crippen molar-refractivity contribution in [1.82, 2.24) is 15.7 Å². The number of carbonyl (C=O) groups excluding carboxylic acids is 4. The molecule has 254 valence electrons. The third-order valence-corrected chi connectivity index (χ3v) is 7.29. The predicted octanol–water partition coefficient (Wildman–Crippen LogP) is 4.25. The van der Waals surface area contributed by atoms with Crippen molar-refractivity contribution in [3.05, 3.63) is 70.8 Å². The fourth-order valence-corrected chi connectivity index (χ4v) is 4.13. The van der Waals surface area contributed by atoms with E-state index in [1.165, 1.54) is 59.2 Å². The lowest BCUT2D eigenvalue weighted by Gasteiger charge is -2.37. The van der Waals surface area contributed by atoms with Gasteiger partial charge in [0.15, 0.2) is 11.6 Å². The molecule has 12 heteroatoms. The maximum atomic E-state index is 14.6. The first-order valence-corrected chi connectivity index (χ1v) is 15.2. The predicted molar refractivity (Wildman–Crippen MR) is 170 cm³/mol. The van der Waals surface area contributed by atoms with Crippen LogP contribution in [0.15, 0.2) is 48.5 Å². The lowest BCUT2D eigenvalue weighted by molar-refractivity contribution is -0.194. The summed E-state index contributed by atoms with van der Waals surface area (Å²) in [6, 6.07) is 11.7. The number of carbonyl (C=O) groups is 4. The summed E-state index contributed by atoms with van der Waals surface area (Å²) in [5.74, 6) is 1.97. The molecule has 1 fully saturated rings. The van der Waals surface area contributed by atoms with Crippen molar-refractivity contribution in [1.29, 1.82) is 0 Å². The molecular weight excluding hydrogens is 612 g/mol. The molecule has 1 aliphatic heterocycles. The minimum absolute atomic E-state index is 0.0197. The lowest BCUT2D eigenvalue weighted by Crippen LogP contribution is -2.64. The third kappa shape index (κ3) is 10.6. The van der Waals surface area contributed by atoms with Gasteiger partial charge in [0.1, 0.15) is 0 Å². The van der Waals surface area contributed by atoms with Gasteiger partial charge in [-0.25, -0.2) is 13.6 Å². The Morgan fingerprint density at radius 3 is 1.83 bits per heavy atom. The lowest BCUT2D eigenvalue weighted by atomic mass is 9.92. The van der Waals surface area contributed by atoms with E-state index in [0.29, 0.717) is 5.56 Å². The van der Waals surface area contributed by atoms with E-state index in [4.69, 9.17) is 14.3 Å². The van der Waals surface area contributed by atoms with Crippen molar-refractivity contribution in [3.8, 4) is 11.8 Å². The van der Waals surface area contributed by atoms with Crippen LogP contribution in [0, 0.1) is 22.7 Å². The average molecular weight is 656 g/mol. The Labute approximate surface area is 274 Å². The number of hydroxylamine groups is 1. The summed E-state index contributed by atoms with van der Waals surface area (Å²) in [4.78, 5) is 58.4. The summed E-state index contributed by atoms with van der Waals surface area (Å²) in [5.41, 5.74) is -0.670. The molecule has 0 radical (unpaired) electrons. The van der Waals surface area contributed by atoms with Crippen LogP contribution in [0.5, 0.6) is 0 Å². The van der Waals surface area contributed by atoms with Gasteiger partial charge in [0, 0.05) is 36.3 Å². The van der Waals surface area contributed by atoms with Gasteiger partial charge in [-0.1, -0.05) is 24.0 Å². The molecule has 1 unspecified atom stereocenters. The fraction of sp³-hybridized carbons (Fsp3) is 0.486. The molecule has 47 heavy (non-hydrogen) atoms. The SMILES string of the molecule is CC(C)(C)C(=O)ONC(=O)[C@@H](NC(=O)c1ccc(C#Cc2ccc(CN3CCOCC3)cc2)cc1)C(C)(OC(=O)C(C)(C)C)C(F)F. The van der Waals surface area contributed by atoms with E-state index < -0.39 is 52.7 Å². The number of esters is 1. The second-order valence-corrected chi connectivity index (χ2v) is 13.5. The van der Waals surface area contributed by atoms with Gasteiger partial charge in [0.05, 0.1) is 24.0 Å². The number of hydrogen-bond donors (Lipinski definition) is 2. The van der Waals surface area contributed by atoms with E-state index in [2.05, 4.69) is 22.1 Å². The van der Waals surface area contributed by atoms with E-state index in [-0.39, 0.29) is 5.56 Å². The number of amides is 2. The van der Waals surface area contributed by atoms with Gasteiger partial charge in [-0.2, -0.15) is 5.48 Å². The Kier molecular flexibility index (Phi) is 12.2. The standard InChI is InChI=1S/C35H43F2N3O7/c1-33(2,3)31(43)46-35(7,30(36)37)27(29(42)39-47-32(44)34(4,5)6)38-28(41)26-16-14-24(15-17-26)9-8-23-10-12-25(13-11-23)22-40-18-20-45-21-19-40/h10-17,27,30H,18-22H2,1-7H3,(H,38,41)(H,39,42)/t27-,35?/m1/s1. The van der Waals surface area contributed by atoms with E-state index in [1.54, 1.807) is 12.1 Å². The molecule has 0 bridgehead atoms. The van der Waals surface area contributed by atoms with E-state index in [0.717, 1.165) is 45.3 Å². The van der Waals surface area contributed by atoms with E-state index >= 15 is 0 Å². The zero-order chi connectivity index (χ0) is 35.0. The highest BCUT2D eigenvalue weighted by atomic mass is 19.3. The molecule has 0 spiro atoms. The van der Waals surface area contributed by atoms with Crippen molar-refractivity contribution in [2.75, 3.05) is 26.3 Å². The van der Waals surface area contributed by atoms with Gasteiger partial charge in [0.2, 0.25) is 0 Å². The van der Waals surface area contributed by atoms with Crippen molar-refractivity contribution < 1.29 is 42.3 Å². The zero-order valence-corrected chi connectivity index (χ0v) is 27.9. The van der Waals surface area contributed by atoms with Gasteiger partial charge >= 0.3 is 11.9 Å². The smallest absolute Gasteiger partial charge is 0.337 e. The maximum absolute atomic E-state index is 14.6. The molecule has 0 aromatic heterocycles. The van der Waals surface area contributed by atoms with E-state index in [9.17, 15) is 28.0 Å². The first-order valence-electron chi connectivity index (χ1n) is 15.2. The third-order valence-electron chi connectivity index (χ3n) is 7.29. The maximum Gasteiger partial charge on any atom is 0.337 e. The summed E-state index contributed by atoms with van der Waals surface area (Å²) in [7, 11) is 0. The molecule has 0 saturated carbocycles. The van der Waals surface area contributed by atoms with Gasteiger partial charge in [0.25, 0.3) is 18.2 Å². The summed E-state index contributed by atoms with van der Waals surface area (Å²) in [5, 5.41) is 2.24. The number of ether oxygens (including phenoxy) is 2. The fourth-order valence-electron chi connectivity index (χ4n) is 4.13. The summed E-state index contributed by atoms with van der Waals surface area (Å²) < 4.78 is 39.7. The molecule has 1 saturated heterocycles. The topological polar surface area (TPSA) is 123 Å². The number of nitrogens with one attached hydrogen (secondary N) is 2. The Morgan fingerprint density at radius 2 is 1.34 bits per heavy atom. The molecule has 2 atom stereocenters. The van der Waals surface area contributed by atoms with Crippen LogP contribution in [0.4, 0.5) is 8.78 Å². The Bertz CT molecular complexity index is 1480. The first-order chi connectivity index (χ1) is 21.9. The van der Waals surface area contributed by atoms with Gasteiger partial charge < -0.3 is 19.6 Å². The minimum Gasteiger partial charge on any atom is -0.450 e. The normalized spacial score (nSPS) is 15.8. The van der Waals surface area contributed by atoms with Crippen molar-refractivity contribution >= 4 is 23.8 Å². The van der Waals surface area contributed by atoms with E-state index in [1.807, 2.05) is 29.7 Å². The number of rotatable bonds is 8. The number of morpholine rings is 1. The first kappa shape index (κ1) is 37.1. The van der Waals surface area contributed by atoms with Gasteiger partial charge in [-0.15, -0.1) is 0 Å². The van der Waals surface area contributed by atoms with Crippen LogP contribution in [-0.4, -0.2) is 73.0 Å². The quantitative estimate of drug-likeness (QED) is 0.246. The van der Waals surface area contributed by atoms with Crippen molar-refractivity contribution in [2.45, 2.75) is 73.1 Å². The second-order valence-electron chi connectivity index (χ2n) is 13.5. The number of alkyl halides is 2. The molecular formula is C35H43F2N3O7. The molecule has 3 rings (SSSR count). The van der Waals surface area contributed by atoms with Crippen LogP contribution in [0.3, 0.4) is 0 Å². The summed E-state index contributed by atoms with van der Waals surface area (Å²) >= 11 is 0. The van der Waals surface area contributed by atoms with Crippen LogP contribution >= 0.6 is 0 Å². The van der Waals surface area contributed by atoms with Crippen LogP contribution in [0.1, 0.15) is 75.5 Å².